The predicted octanol–water partition coefficient (Wildman–Crippen LogP) is 4.99. The third-order valence-electron chi connectivity index (χ3n) is 5.95. The van der Waals surface area contributed by atoms with Crippen LogP contribution in [-0.2, 0) is 22.6 Å². The number of benzene rings is 3. The second-order valence-corrected chi connectivity index (χ2v) is 8.76. The Morgan fingerprint density at radius 2 is 1.74 bits per heavy atom. The van der Waals surface area contributed by atoms with Crippen LogP contribution in [0.2, 0.25) is 5.02 Å². The van der Waals surface area contributed by atoms with Gasteiger partial charge in [-0.25, -0.2) is 0 Å². The smallest absolute Gasteiger partial charge is 0.243 e. The fourth-order valence-electron chi connectivity index (χ4n) is 3.89. The van der Waals surface area contributed by atoms with Crippen molar-refractivity contribution >= 4 is 34.8 Å². The summed E-state index contributed by atoms with van der Waals surface area (Å²) in [6.07, 6.45) is 1.11. The minimum absolute atomic E-state index is 0.0572. The van der Waals surface area contributed by atoms with Crippen molar-refractivity contribution in [2.75, 3.05) is 24.0 Å². The van der Waals surface area contributed by atoms with Crippen molar-refractivity contribution in [1.82, 2.24) is 5.43 Å². The van der Waals surface area contributed by atoms with Crippen LogP contribution in [0.15, 0.2) is 66.7 Å². The van der Waals surface area contributed by atoms with Crippen molar-refractivity contribution < 1.29 is 19.1 Å². The lowest BCUT2D eigenvalue weighted by Crippen LogP contribution is -2.36. The SMILES string of the molecule is CCc1ccc(N2C[C@H](C(=O)NNc3ccc(OCc4ccc(Cl)cc4)c(OC)c3)CC2=O)cc1. The van der Waals surface area contributed by atoms with E-state index in [0.29, 0.717) is 35.4 Å². The number of rotatable bonds is 9. The van der Waals surface area contributed by atoms with Crippen molar-refractivity contribution in [2.24, 2.45) is 5.92 Å². The summed E-state index contributed by atoms with van der Waals surface area (Å²) in [5, 5.41) is 0.670. The standard InChI is InChI=1S/C27H28ClN3O4/c1-3-18-6-11-23(12-7-18)31-16-20(14-26(31)32)27(33)30-29-22-10-13-24(25(15-22)34-2)35-17-19-4-8-21(28)9-5-19/h4-13,15,20,29H,3,14,16-17H2,1-2H3,(H,30,33)/t20-/m1/s1. The third-order valence-corrected chi connectivity index (χ3v) is 6.21. The number of anilines is 2. The minimum atomic E-state index is -0.440. The first-order chi connectivity index (χ1) is 17.0. The van der Waals surface area contributed by atoms with Gasteiger partial charge in [0.25, 0.3) is 0 Å². The predicted molar refractivity (Wildman–Crippen MR) is 137 cm³/mol. The van der Waals surface area contributed by atoms with E-state index >= 15 is 0 Å². The Labute approximate surface area is 210 Å². The number of ether oxygens (including phenoxy) is 2. The molecule has 35 heavy (non-hydrogen) atoms. The highest BCUT2D eigenvalue weighted by molar-refractivity contribution is 6.30. The van der Waals surface area contributed by atoms with Crippen LogP contribution in [0.1, 0.15) is 24.5 Å². The van der Waals surface area contributed by atoms with Gasteiger partial charge in [0.1, 0.15) is 6.61 Å². The molecule has 1 saturated heterocycles. The highest BCUT2D eigenvalue weighted by atomic mass is 35.5. The van der Waals surface area contributed by atoms with E-state index in [4.69, 9.17) is 21.1 Å². The first-order valence-electron chi connectivity index (χ1n) is 11.5. The van der Waals surface area contributed by atoms with E-state index in [1.54, 1.807) is 30.2 Å². The number of aryl methyl sites for hydroxylation is 1. The van der Waals surface area contributed by atoms with Crippen molar-refractivity contribution in [3.8, 4) is 11.5 Å². The first-order valence-corrected chi connectivity index (χ1v) is 11.8. The van der Waals surface area contributed by atoms with E-state index in [-0.39, 0.29) is 18.2 Å². The molecule has 3 aromatic rings. The summed E-state index contributed by atoms with van der Waals surface area (Å²) in [6.45, 7) is 2.80. The normalized spacial score (nSPS) is 15.1. The number of nitrogens with zero attached hydrogens (tertiary/aromatic N) is 1. The van der Waals surface area contributed by atoms with E-state index in [1.807, 2.05) is 48.5 Å². The second-order valence-electron chi connectivity index (χ2n) is 8.32. The van der Waals surface area contributed by atoms with Gasteiger partial charge in [0.2, 0.25) is 11.8 Å². The number of amides is 2. The Balaban J connectivity index is 1.32. The molecular formula is C27H28ClN3O4. The fourth-order valence-corrected chi connectivity index (χ4v) is 4.01. The number of nitrogens with one attached hydrogen (secondary N) is 2. The number of methoxy groups -OCH3 is 1. The van der Waals surface area contributed by atoms with Crippen molar-refractivity contribution in [3.05, 3.63) is 82.9 Å². The average molecular weight is 494 g/mol. The summed E-state index contributed by atoms with van der Waals surface area (Å²) in [5.74, 6) is 0.359. The van der Waals surface area contributed by atoms with Gasteiger partial charge >= 0.3 is 0 Å². The van der Waals surface area contributed by atoms with Gasteiger partial charge in [-0.15, -0.1) is 0 Å². The van der Waals surface area contributed by atoms with Gasteiger partial charge in [-0.2, -0.15) is 0 Å². The van der Waals surface area contributed by atoms with Gasteiger partial charge in [0.05, 0.1) is 18.7 Å². The molecule has 182 valence electrons. The van der Waals surface area contributed by atoms with E-state index in [2.05, 4.69) is 17.8 Å². The van der Waals surface area contributed by atoms with Crippen LogP contribution in [0, 0.1) is 5.92 Å². The number of hydrogen-bond donors (Lipinski definition) is 2. The quantitative estimate of drug-likeness (QED) is 0.411. The molecule has 0 aromatic heterocycles. The lowest BCUT2D eigenvalue weighted by molar-refractivity contribution is -0.125. The largest absolute Gasteiger partial charge is 0.493 e. The number of halogens is 1. The topological polar surface area (TPSA) is 79.9 Å². The summed E-state index contributed by atoms with van der Waals surface area (Å²) < 4.78 is 11.3. The summed E-state index contributed by atoms with van der Waals surface area (Å²) in [4.78, 5) is 26.9. The molecule has 0 aliphatic carbocycles. The molecule has 1 aliphatic rings. The highest BCUT2D eigenvalue weighted by Gasteiger charge is 2.35. The van der Waals surface area contributed by atoms with Gasteiger partial charge in [0, 0.05) is 29.7 Å². The Bertz CT molecular complexity index is 1180. The van der Waals surface area contributed by atoms with Crippen LogP contribution in [0.4, 0.5) is 11.4 Å². The third kappa shape index (κ3) is 6.05. The molecule has 3 aromatic carbocycles. The Kier molecular flexibility index (Phi) is 7.77. The molecule has 0 saturated carbocycles. The number of hydrogen-bond acceptors (Lipinski definition) is 5. The Hall–Kier alpha value is -3.71. The molecule has 0 unspecified atom stereocenters. The van der Waals surface area contributed by atoms with Crippen LogP contribution < -0.4 is 25.2 Å². The highest BCUT2D eigenvalue weighted by Crippen LogP contribution is 2.31. The molecule has 1 heterocycles. The maximum absolute atomic E-state index is 12.7. The van der Waals surface area contributed by atoms with Crippen LogP contribution in [0.25, 0.3) is 0 Å². The first kappa shape index (κ1) is 24.4. The van der Waals surface area contributed by atoms with Gasteiger partial charge in [-0.3, -0.25) is 20.4 Å². The molecule has 0 spiro atoms. The molecule has 8 heteroatoms. The molecule has 2 N–H and O–H groups in total. The number of carbonyl (C=O) groups excluding carboxylic acids is 2. The van der Waals surface area contributed by atoms with Gasteiger partial charge < -0.3 is 14.4 Å². The summed E-state index contributed by atoms with van der Waals surface area (Å²) in [7, 11) is 1.55. The maximum atomic E-state index is 12.7. The summed E-state index contributed by atoms with van der Waals surface area (Å²) in [5.41, 5.74) is 9.24. The van der Waals surface area contributed by atoms with Crippen LogP contribution in [0.5, 0.6) is 11.5 Å². The van der Waals surface area contributed by atoms with E-state index in [0.717, 1.165) is 17.7 Å². The molecule has 1 fully saturated rings. The van der Waals surface area contributed by atoms with E-state index < -0.39 is 5.92 Å². The molecule has 1 aliphatic heterocycles. The molecule has 7 nitrogen and oxygen atoms in total. The molecule has 1 atom stereocenters. The minimum Gasteiger partial charge on any atom is -0.493 e. The summed E-state index contributed by atoms with van der Waals surface area (Å²) >= 11 is 5.92. The average Bonchev–Trinajstić information content (AvgIpc) is 3.28. The number of carbonyl (C=O) groups is 2. The van der Waals surface area contributed by atoms with Crippen molar-refractivity contribution in [1.29, 1.82) is 0 Å². The molecule has 0 radical (unpaired) electrons. The number of hydrazine groups is 1. The molecule has 4 rings (SSSR count). The monoisotopic (exact) mass is 493 g/mol. The zero-order chi connectivity index (χ0) is 24.8. The summed E-state index contributed by atoms with van der Waals surface area (Å²) in [6, 6.07) is 20.6. The van der Waals surface area contributed by atoms with Crippen LogP contribution in [0.3, 0.4) is 0 Å². The zero-order valence-electron chi connectivity index (χ0n) is 19.7. The van der Waals surface area contributed by atoms with Crippen LogP contribution >= 0.6 is 11.6 Å². The fraction of sp³-hybridized carbons (Fsp3) is 0.259. The second kappa shape index (κ2) is 11.1. The Morgan fingerprint density at radius 1 is 1.03 bits per heavy atom. The van der Waals surface area contributed by atoms with Crippen molar-refractivity contribution in [2.45, 2.75) is 26.4 Å². The lowest BCUT2D eigenvalue weighted by Gasteiger charge is -2.18. The van der Waals surface area contributed by atoms with Gasteiger partial charge in [-0.1, -0.05) is 42.8 Å². The molecular weight excluding hydrogens is 466 g/mol. The maximum Gasteiger partial charge on any atom is 0.243 e. The molecule has 2 amide bonds. The lowest BCUT2D eigenvalue weighted by atomic mass is 10.1. The van der Waals surface area contributed by atoms with E-state index in [9.17, 15) is 9.59 Å². The van der Waals surface area contributed by atoms with E-state index in [1.165, 1.54) is 5.56 Å². The van der Waals surface area contributed by atoms with Crippen molar-refractivity contribution in [3.63, 3.8) is 0 Å². The Morgan fingerprint density at radius 3 is 2.43 bits per heavy atom. The van der Waals surface area contributed by atoms with Gasteiger partial charge in [-0.05, 0) is 53.9 Å². The van der Waals surface area contributed by atoms with Gasteiger partial charge in [0.15, 0.2) is 11.5 Å². The zero-order valence-corrected chi connectivity index (χ0v) is 20.5. The molecule has 0 bridgehead atoms. The van der Waals surface area contributed by atoms with Crippen LogP contribution in [-0.4, -0.2) is 25.5 Å².